The molecule has 3 rings (SSSR count). The van der Waals surface area contributed by atoms with E-state index in [1.807, 2.05) is 45.0 Å². The van der Waals surface area contributed by atoms with Gasteiger partial charge < -0.3 is 4.90 Å². The number of hydrogen-bond acceptors (Lipinski definition) is 6. The maximum atomic E-state index is 12.2. The number of benzene rings is 1. The molecule has 0 saturated carbocycles. The van der Waals surface area contributed by atoms with Crippen molar-refractivity contribution in [1.29, 1.82) is 0 Å². The Balaban J connectivity index is 1.86. The molecule has 0 spiro atoms. The van der Waals surface area contributed by atoms with E-state index in [-0.39, 0.29) is 5.91 Å². The van der Waals surface area contributed by atoms with Crippen LogP contribution in [0, 0.1) is 6.92 Å². The van der Waals surface area contributed by atoms with Crippen molar-refractivity contribution in [3.63, 3.8) is 0 Å². The van der Waals surface area contributed by atoms with Gasteiger partial charge in [-0.15, -0.1) is 5.10 Å². The molecule has 0 aliphatic carbocycles. The monoisotopic (exact) mass is 356 g/mol. The van der Waals surface area contributed by atoms with Crippen LogP contribution in [0.5, 0.6) is 0 Å². The molecule has 3 aromatic rings. The lowest BCUT2D eigenvalue weighted by Crippen LogP contribution is -2.31. The molecule has 0 bridgehead atoms. The second kappa shape index (κ2) is 7.60. The van der Waals surface area contributed by atoms with Crippen molar-refractivity contribution in [3.05, 3.63) is 36.2 Å². The molecule has 0 fully saturated rings. The number of carbonyl (C=O) groups is 1. The fraction of sp³-hybridized carbons (Fsp3) is 0.353. The number of carbonyl (C=O) groups excluding carboxylic acids is 1. The van der Waals surface area contributed by atoms with Gasteiger partial charge in [0.1, 0.15) is 11.4 Å². The van der Waals surface area contributed by atoms with Gasteiger partial charge in [-0.2, -0.15) is 4.68 Å². The van der Waals surface area contributed by atoms with Gasteiger partial charge in [0.25, 0.3) is 0 Å². The largest absolute Gasteiger partial charge is 0.343 e. The number of thioether (sulfide) groups is 1. The second-order valence-corrected chi connectivity index (χ2v) is 6.51. The van der Waals surface area contributed by atoms with E-state index in [0.717, 1.165) is 5.69 Å². The third-order valence-electron chi connectivity index (χ3n) is 3.93. The Morgan fingerprint density at radius 3 is 2.56 bits per heavy atom. The van der Waals surface area contributed by atoms with E-state index < -0.39 is 0 Å². The van der Waals surface area contributed by atoms with Gasteiger partial charge in [0.15, 0.2) is 11.2 Å². The van der Waals surface area contributed by atoms with Gasteiger partial charge in [-0.3, -0.25) is 4.79 Å². The molecular formula is C17H20N6OS. The predicted octanol–water partition coefficient (Wildman–Crippen LogP) is 2.48. The molecule has 2 aromatic heterocycles. The molecule has 0 atom stereocenters. The Morgan fingerprint density at radius 2 is 1.88 bits per heavy atom. The molecule has 0 aliphatic rings. The highest BCUT2D eigenvalue weighted by Gasteiger charge is 2.16. The summed E-state index contributed by atoms with van der Waals surface area (Å²) in [5, 5.41) is 9.10. The molecule has 2 heterocycles. The van der Waals surface area contributed by atoms with E-state index in [0.29, 0.717) is 35.0 Å². The first-order valence-corrected chi connectivity index (χ1v) is 9.16. The Kier molecular flexibility index (Phi) is 5.28. The predicted molar refractivity (Wildman–Crippen MR) is 97.8 cm³/mol. The molecular weight excluding hydrogens is 336 g/mol. The SMILES string of the molecule is CCN(CC)C(=O)CSc1ncnc2c1nnn2-c1ccc(C)cc1. The van der Waals surface area contributed by atoms with Crippen molar-refractivity contribution in [2.75, 3.05) is 18.8 Å². The zero-order valence-corrected chi connectivity index (χ0v) is 15.3. The molecule has 1 amide bonds. The summed E-state index contributed by atoms with van der Waals surface area (Å²) < 4.78 is 1.69. The normalized spacial score (nSPS) is 11.0. The van der Waals surface area contributed by atoms with Crippen LogP contribution in [-0.2, 0) is 4.79 Å². The Hall–Kier alpha value is -2.48. The molecule has 130 valence electrons. The lowest BCUT2D eigenvalue weighted by molar-refractivity contribution is -0.127. The number of nitrogens with zero attached hydrogens (tertiary/aromatic N) is 6. The minimum absolute atomic E-state index is 0.0905. The van der Waals surface area contributed by atoms with Gasteiger partial charge in [0, 0.05) is 13.1 Å². The average molecular weight is 356 g/mol. The molecule has 0 N–H and O–H groups in total. The van der Waals surface area contributed by atoms with Crippen LogP contribution in [0.4, 0.5) is 0 Å². The van der Waals surface area contributed by atoms with Crippen LogP contribution < -0.4 is 0 Å². The van der Waals surface area contributed by atoms with Crippen molar-refractivity contribution in [3.8, 4) is 5.69 Å². The van der Waals surface area contributed by atoms with E-state index in [2.05, 4.69) is 20.3 Å². The Bertz CT molecular complexity index is 872. The number of aromatic nitrogens is 5. The van der Waals surface area contributed by atoms with Gasteiger partial charge in [-0.25, -0.2) is 9.97 Å². The topological polar surface area (TPSA) is 76.8 Å². The zero-order valence-electron chi connectivity index (χ0n) is 14.5. The van der Waals surface area contributed by atoms with Gasteiger partial charge in [-0.05, 0) is 32.9 Å². The fourth-order valence-electron chi connectivity index (χ4n) is 2.49. The second-order valence-electron chi connectivity index (χ2n) is 5.54. The summed E-state index contributed by atoms with van der Waals surface area (Å²) in [5.41, 5.74) is 3.31. The summed E-state index contributed by atoms with van der Waals surface area (Å²) in [6, 6.07) is 7.98. The van der Waals surface area contributed by atoms with Crippen LogP contribution in [-0.4, -0.2) is 54.6 Å². The molecule has 0 radical (unpaired) electrons. The zero-order chi connectivity index (χ0) is 17.8. The molecule has 0 aliphatic heterocycles. The maximum Gasteiger partial charge on any atom is 0.232 e. The lowest BCUT2D eigenvalue weighted by atomic mass is 10.2. The third-order valence-corrected chi connectivity index (χ3v) is 4.89. The number of hydrogen-bond donors (Lipinski definition) is 0. The van der Waals surface area contributed by atoms with E-state index in [1.165, 1.54) is 23.7 Å². The Labute approximate surface area is 150 Å². The van der Waals surface area contributed by atoms with E-state index >= 15 is 0 Å². The standard InChI is InChI=1S/C17H20N6OS/c1-4-22(5-2)14(24)10-25-17-15-16(18-11-19-17)23(21-20-15)13-8-6-12(3)7-9-13/h6-9,11H,4-5,10H2,1-3H3. The van der Waals surface area contributed by atoms with Gasteiger partial charge in [0.05, 0.1) is 11.4 Å². The van der Waals surface area contributed by atoms with Crippen LogP contribution in [0.25, 0.3) is 16.9 Å². The average Bonchev–Trinajstić information content (AvgIpc) is 3.06. The van der Waals surface area contributed by atoms with Crippen LogP contribution in [0.15, 0.2) is 35.6 Å². The smallest absolute Gasteiger partial charge is 0.232 e. The summed E-state index contributed by atoms with van der Waals surface area (Å²) in [4.78, 5) is 22.6. The molecule has 7 nitrogen and oxygen atoms in total. The summed E-state index contributed by atoms with van der Waals surface area (Å²) in [7, 11) is 0. The maximum absolute atomic E-state index is 12.2. The Morgan fingerprint density at radius 1 is 1.16 bits per heavy atom. The molecule has 1 aromatic carbocycles. The van der Waals surface area contributed by atoms with Crippen LogP contribution in [0.2, 0.25) is 0 Å². The van der Waals surface area contributed by atoms with E-state index in [9.17, 15) is 4.79 Å². The third kappa shape index (κ3) is 3.63. The summed E-state index contributed by atoms with van der Waals surface area (Å²) in [5.74, 6) is 0.415. The summed E-state index contributed by atoms with van der Waals surface area (Å²) in [6.07, 6.45) is 1.49. The van der Waals surface area contributed by atoms with Gasteiger partial charge >= 0.3 is 0 Å². The van der Waals surface area contributed by atoms with Crippen molar-refractivity contribution in [2.45, 2.75) is 25.8 Å². The first kappa shape index (κ1) is 17.3. The number of fused-ring (bicyclic) bond motifs is 1. The van der Waals surface area contributed by atoms with Crippen LogP contribution in [0.1, 0.15) is 19.4 Å². The highest BCUT2D eigenvalue weighted by Crippen LogP contribution is 2.24. The van der Waals surface area contributed by atoms with E-state index in [4.69, 9.17) is 0 Å². The first-order chi connectivity index (χ1) is 12.1. The quantitative estimate of drug-likeness (QED) is 0.499. The lowest BCUT2D eigenvalue weighted by Gasteiger charge is -2.17. The van der Waals surface area contributed by atoms with Crippen molar-refractivity contribution >= 4 is 28.8 Å². The first-order valence-electron chi connectivity index (χ1n) is 8.18. The molecule has 25 heavy (non-hydrogen) atoms. The van der Waals surface area contributed by atoms with E-state index in [1.54, 1.807) is 9.58 Å². The number of amides is 1. The van der Waals surface area contributed by atoms with Gasteiger partial charge in [0.2, 0.25) is 5.91 Å². The summed E-state index contributed by atoms with van der Waals surface area (Å²) in [6.45, 7) is 7.40. The highest BCUT2D eigenvalue weighted by atomic mass is 32.2. The minimum atomic E-state index is 0.0905. The van der Waals surface area contributed by atoms with Crippen molar-refractivity contribution < 1.29 is 4.79 Å². The van der Waals surface area contributed by atoms with Crippen molar-refractivity contribution in [2.24, 2.45) is 0 Å². The fourth-order valence-corrected chi connectivity index (χ4v) is 3.32. The highest BCUT2D eigenvalue weighted by molar-refractivity contribution is 8.00. The number of rotatable bonds is 6. The molecule has 0 unspecified atom stereocenters. The van der Waals surface area contributed by atoms with Gasteiger partial charge in [-0.1, -0.05) is 34.7 Å². The molecule has 8 heteroatoms. The van der Waals surface area contributed by atoms with Crippen LogP contribution >= 0.6 is 11.8 Å². The minimum Gasteiger partial charge on any atom is -0.343 e. The number of aryl methyl sites for hydroxylation is 1. The summed E-state index contributed by atoms with van der Waals surface area (Å²) >= 11 is 1.37. The molecule has 0 saturated heterocycles. The van der Waals surface area contributed by atoms with Crippen LogP contribution in [0.3, 0.4) is 0 Å². The van der Waals surface area contributed by atoms with Crippen molar-refractivity contribution in [1.82, 2.24) is 29.9 Å².